The van der Waals surface area contributed by atoms with Crippen LogP contribution >= 0.6 is 0 Å². The van der Waals surface area contributed by atoms with Crippen molar-refractivity contribution >= 4 is 9.52 Å². The van der Waals surface area contributed by atoms with Crippen LogP contribution in [0.5, 0.6) is 0 Å². The van der Waals surface area contributed by atoms with Crippen molar-refractivity contribution in [1.29, 1.82) is 0 Å². The molecule has 1 aromatic rings. The molecule has 3 heteroatoms. The van der Waals surface area contributed by atoms with Crippen molar-refractivity contribution in [3.63, 3.8) is 0 Å². The van der Waals surface area contributed by atoms with Gasteiger partial charge >= 0.3 is 0 Å². The van der Waals surface area contributed by atoms with E-state index in [2.05, 4.69) is 30.8 Å². The van der Waals surface area contributed by atoms with Crippen LogP contribution in [0.2, 0.25) is 6.55 Å². The Bertz CT molecular complexity index is 330. The Morgan fingerprint density at radius 1 is 1.31 bits per heavy atom. The maximum absolute atomic E-state index is 6.10. The molecule has 1 unspecified atom stereocenters. The van der Waals surface area contributed by atoms with Crippen LogP contribution < -0.4 is 5.73 Å². The van der Waals surface area contributed by atoms with Crippen LogP contribution in [0, 0.1) is 0 Å². The predicted molar refractivity (Wildman–Crippen MR) is 70.2 cm³/mol. The molecule has 0 amide bonds. The minimum absolute atomic E-state index is 0.103. The lowest BCUT2D eigenvalue weighted by Gasteiger charge is -2.37. The van der Waals surface area contributed by atoms with Crippen molar-refractivity contribution in [1.82, 2.24) is 0 Å². The van der Waals surface area contributed by atoms with Crippen molar-refractivity contribution in [2.45, 2.75) is 37.6 Å². The maximum Gasteiger partial charge on any atom is 0.0755 e. The van der Waals surface area contributed by atoms with Gasteiger partial charge < -0.3 is 10.5 Å². The fourth-order valence-corrected chi connectivity index (χ4v) is 4.10. The highest BCUT2D eigenvalue weighted by atomic mass is 28.2. The number of benzene rings is 1. The number of nitrogens with two attached hydrogens (primary N) is 1. The lowest BCUT2D eigenvalue weighted by Crippen LogP contribution is -2.38. The van der Waals surface area contributed by atoms with E-state index in [1.807, 2.05) is 0 Å². The van der Waals surface area contributed by atoms with Gasteiger partial charge in [0.15, 0.2) is 0 Å². The van der Waals surface area contributed by atoms with Gasteiger partial charge in [0.25, 0.3) is 0 Å². The Morgan fingerprint density at radius 2 is 2.06 bits per heavy atom. The Hall–Kier alpha value is -0.643. The first-order chi connectivity index (χ1) is 7.80. The van der Waals surface area contributed by atoms with Crippen molar-refractivity contribution < 1.29 is 4.74 Å². The normalized spacial score (nSPS) is 26.4. The van der Waals surface area contributed by atoms with Crippen molar-refractivity contribution in [3.05, 3.63) is 35.4 Å². The zero-order valence-electron chi connectivity index (χ0n) is 10.0. The first kappa shape index (κ1) is 11.8. The SMILES string of the molecule is C[SiH2]C1(c2ccc(CN)cc2)CCCCO1. The van der Waals surface area contributed by atoms with Gasteiger partial charge in [-0.2, -0.15) is 0 Å². The van der Waals surface area contributed by atoms with E-state index < -0.39 is 0 Å². The molecule has 1 aliphatic rings. The topological polar surface area (TPSA) is 35.2 Å². The van der Waals surface area contributed by atoms with E-state index in [-0.39, 0.29) is 14.7 Å². The zero-order valence-corrected chi connectivity index (χ0v) is 11.5. The fraction of sp³-hybridized carbons (Fsp3) is 0.538. The molecule has 0 bridgehead atoms. The summed E-state index contributed by atoms with van der Waals surface area (Å²) in [4.78, 5) is 0. The maximum atomic E-state index is 6.10. The first-order valence-electron chi connectivity index (χ1n) is 6.24. The molecule has 1 aromatic carbocycles. The summed E-state index contributed by atoms with van der Waals surface area (Å²) in [6.07, 6.45) is 3.73. The van der Waals surface area contributed by atoms with Crippen LogP contribution in [0.1, 0.15) is 30.4 Å². The summed E-state index contributed by atoms with van der Waals surface area (Å²) in [5.41, 5.74) is 8.20. The summed E-state index contributed by atoms with van der Waals surface area (Å²) in [5, 5.41) is 0.103. The highest BCUT2D eigenvalue weighted by Crippen LogP contribution is 2.34. The quantitative estimate of drug-likeness (QED) is 0.810. The molecule has 1 fully saturated rings. The number of hydrogen-bond donors (Lipinski definition) is 1. The molecule has 0 spiro atoms. The monoisotopic (exact) mass is 235 g/mol. The van der Waals surface area contributed by atoms with Gasteiger partial charge in [-0.05, 0) is 30.4 Å². The fourth-order valence-electron chi connectivity index (χ4n) is 2.51. The molecule has 1 aliphatic heterocycles. The molecule has 16 heavy (non-hydrogen) atoms. The van der Waals surface area contributed by atoms with E-state index in [0.717, 1.165) is 6.61 Å². The van der Waals surface area contributed by atoms with Gasteiger partial charge in [0.1, 0.15) is 0 Å². The summed E-state index contributed by atoms with van der Waals surface area (Å²) in [6.45, 7) is 3.90. The van der Waals surface area contributed by atoms with Crippen LogP contribution in [-0.2, 0) is 16.5 Å². The zero-order chi connectivity index (χ0) is 11.4. The highest BCUT2D eigenvalue weighted by molar-refractivity contribution is 6.37. The van der Waals surface area contributed by atoms with Gasteiger partial charge in [-0.1, -0.05) is 30.8 Å². The van der Waals surface area contributed by atoms with Gasteiger partial charge in [-0.25, -0.2) is 0 Å². The molecule has 1 atom stereocenters. The van der Waals surface area contributed by atoms with Crippen LogP contribution in [-0.4, -0.2) is 16.1 Å². The molecule has 0 aliphatic carbocycles. The molecule has 0 radical (unpaired) electrons. The standard InChI is InChI=1S/C13H21NOSi/c1-16-13(8-2-3-9-15-13)12-6-4-11(10-14)5-7-12/h4-7H,2-3,8-10,14,16H2,1H3. The van der Waals surface area contributed by atoms with Crippen LogP contribution in [0.25, 0.3) is 0 Å². The first-order valence-corrected chi connectivity index (χ1v) is 8.36. The van der Waals surface area contributed by atoms with E-state index >= 15 is 0 Å². The molecular weight excluding hydrogens is 214 g/mol. The number of rotatable bonds is 3. The van der Waals surface area contributed by atoms with Crippen LogP contribution in [0.4, 0.5) is 0 Å². The van der Waals surface area contributed by atoms with E-state index in [1.54, 1.807) is 0 Å². The average Bonchev–Trinajstić information content (AvgIpc) is 2.39. The minimum atomic E-state index is -0.209. The van der Waals surface area contributed by atoms with Gasteiger partial charge in [0, 0.05) is 13.2 Å². The third kappa shape index (κ3) is 2.21. The number of hydrogen-bond acceptors (Lipinski definition) is 2. The summed E-state index contributed by atoms with van der Waals surface area (Å²) in [5.74, 6) is 0. The molecule has 1 heterocycles. The molecule has 0 saturated carbocycles. The molecule has 88 valence electrons. The largest absolute Gasteiger partial charge is 0.375 e. The summed E-state index contributed by atoms with van der Waals surface area (Å²) < 4.78 is 6.10. The van der Waals surface area contributed by atoms with Crippen molar-refractivity contribution in [2.75, 3.05) is 6.61 Å². The average molecular weight is 235 g/mol. The Balaban J connectivity index is 2.24. The summed E-state index contributed by atoms with van der Waals surface area (Å²) >= 11 is 0. The van der Waals surface area contributed by atoms with Crippen molar-refractivity contribution in [3.8, 4) is 0 Å². The lowest BCUT2D eigenvalue weighted by atomic mass is 9.99. The second-order valence-electron chi connectivity index (χ2n) is 4.55. The molecule has 2 nitrogen and oxygen atoms in total. The van der Waals surface area contributed by atoms with E-state index in [1.165, 1.54) is 30.4 Å². The Morgan fingerprint density at radius 3 is 2.56 bits per heavy atom. The summed E-state index contributed by atoms with van der Waals surface area (Å²) in [7, 11) is -0.209. The Kier molecular flexibility index (Phi) is 3.79. The van der Waals surface area contributed by atoms with E-state index in [9.17, 15) is 0 Å². The highest BCUT2D eigenvalue weighted by Gasteiger charge is 2.33. The smallest absolute Gasteiger partial charge is 0.0755 e. The minimum Gasteiger partial charge on any atom is -0.375 e. The van der Waals surface area contributed by atoms with Gasteiger partial charge in [-0.15, -0.1) is 0 Å². The van der Waals surface area contributed by atoms with Gasteiger partial charge in [0.2, 0.25) is 0 Å². The summed E-state index contributed by atoms with van der Waals surface area (Å²) in [6, 6.07) is 8.70. The Labute approximate surface area is 100 Å². The van der Waals surface area contributed by atoms with Gasteiger partial charge in [-0.3, -0.25) is 0 Å². The molecule has 2 N–H and O–H groups in total. The lowest BCUT2D eigenvalue weighted by molar-refractivity contribution is -0.0235. The molecule has 1 saturated heterocycles. The molecular formula is C13H21NOSi. The van der Waals surface area contributed by atoms with E-state index in [0.29, 0.717) is 6.54 Å². The second kappa shape index (κ2) is 5.12. The molecule has 2 rings (SSSR count). The van der Waals surface area contributed by atoms with Crippen LogP contribution in [0.3, 0.4) is 0 Å². The van der Waals surface area contributed by atoms with E-state index in [4.69, 9.17) is 10.5 Å². The third-order valence-corrected chi connectivity index (χ3v) is 5.75. The second-order valence-corrected chi connectivity index (χ2v) is 6.40. The van der Waals surface area contributed by atoms with Crippen molar-refractivity contribution in [2.24, 2.45) is 5.73 Å². The predicted octanol–water partition coefficient (Wildman–Crippen LogP) is 1.72. The molecule has 0 aromatic heterocycles. The van der Waals surface area contributed by atoms with Crippen LogP contribution in [0.15, 0.2) is 24.3 Å². The third-order valence-electron chi connectivity index (χ3n) is 3.64. The number of ether oxygens (including phenoxy) is 1. The van der Waals surface area contributed by atoms with Gasteiger partial charge in [0.05, 0.1) is 14.7 Å².